The van der Waals surface area contributed by atoms with Gasteiger partial charge >= 0.3 is 6.18 Å². The Morgan fingerprint density at radius 3 is 2.45 bits per heavy atom. The molecule has 1 aromatic carbocycles. The van der Waals surface area contributed by atoms with Crippen molar-refractivity contribution in [3.63, 3.8) is 0 Å². The number of pyridine rings is 1. The summed E-state index contributed by atoms with van der Waals surface area (Å²) in [6.45, 7) is 6.58. The van der Waals surface area contributed by atoms with Gasteiger partial charge in [-0.15, -0.1) is 0 Å². The molecule has 42 heavy (non-hydrogen) atoms. The van der Waals surface area contributed by atoms with Crippen LogP contribution in [-0.2, 0) is 4.79 Å². The van der Waals surface area contributed by atoms with E-state index in [0.29, 0.717) is 43.1 Å². The van der Waals surface area contributed by atoms with E-state index in [-0.39, 0.29) is 49.6 Å². The molecule has 2 saturated heterocycles. The number of hydrogen-bond donors (Lipinski definition) is 1. The first-order valence-corrected chi connectivity index (χ1v) is 14.9. The van der Waals surface area contributed by atoms with E-state index in [1.54, 1.807) is 0 Å². The van der Waals surface area contributed by atoms with E-state index in [9.17, 15) is 22.8 Å². The summed E-state index contributed by atoms with van der Waals surface area (Å²) in [5, 5.41) is 3.14. The number of nitrogens with one attached hydrogen (secondary N) is 1. The number of ether oxygens (including phenoxy) is 1. The molecule has 3 fully saturated rings. The molecule has 2 aromatic rings. The molecule has 1 saturated carbocycles. The topological polar surface area (TPSA) is 78.0 Å². The first kappa shape index (κ1) is 30.1. The number of rotatable bonds is 8. The summed E-state index contributed by atoms with van der Waals surface area (Å²) in [4.78, 5) is 37.4. The van der Waals surface area contributed by atoms with Gasteiger partial charge in [-0.1, -0.05) is 25.5 Å². The van der Waals surface area contributed by atoms with Crippen LogP contribution in [0, 0.1) is 5.41 Å². The number of piperazine rings is 1. The van der Waals surface area contributed by atoms with Gasteiger partial charge in [-0.2, -0.15) is 13.2 Å². The largest absolute Gasteiger partial charge is 0.493 e. The lowest BCUT2D eigenvalue weighted by atomic mass is 9.67. The summed E-state index contributed by atoms with van der Waals surface area (Å²) in [6, 6.07) is 11.0. The van der Waals surface area contributed by atoms with Crippen LogP contribution in [-0.4, -0.2) is 91.2 Å². The predicted octanol–water partition coefficient (Wildman–Crippen LogP) is 4.74. The van der Waals surface area contributed by atoms with Crippen LogP contribution in [0.5, 0.6) is 5.75 Å². The highest BCUT2D eigenvalue weighted by Gasteiger charge is 2.64. The predicted molar refractivity (Wildman–Crippen MR) is 155 cm³/mol. The van der Waals surface area contributed by atoms with Gasteiger partial charge in [0.2, 0.25) is 5.91 Å². The molecule has 0 bridgehead atoms. The number of para-hydroxylation sites is 1. The summed E-state index contributed by atoms with van der Waals surface area (Å²) >= 11 is 0. The smallest absolute Gasteiger partial charge is 0.403 e. The Morgan fingerprint density at radius 1 is 1.07 bits per heavy atom. The molecule has 1 N–H and O–H groups in total. The van der Waals surface area contributed by atoms with E-state index in [1.165, 1.54) is 4.90 Å². The first-order valence-electron chi connectivity index (χ1n) is 14.9. The minimum absolute atomic E-state index is 0.00556. The summed E-state index contributed by atoms with van der Waals surface area (Å²) in [7, 11) is 2.01. The molecule has 11 heteroatoms. The second-order valence-corrected chi connectivity index (χ2v) is 11.7. The van der Waals surface area contributed by atoms with E-state index in [2.05, 4.69) is 10.2 Å². The van der Waals surface area contributed by atoms with Crippen molar-refractivity contribution in [2.75, 3.05) is 51.3 Å². The number of benzene rings is 1. The minimum Gasteiger partial charge on any atom is -0.493 e. The summed E-state index contributed by atoms with van der Waals surface area (Å²) in [5.41, 5.74) is -0.0252. The van der Waals surface area contributed by atoms with Crippen LogP contribution in [0.4, 0.5) is 18.9 Å². The van der Waals surface area contributed by atoms with Crippen LogP contribution in [0.2, 0.25) is 0 Å². The molecule has 3 aliphatic rings. The summed E-state index contributed by atoms with van der Waals surface area (Å²) in [6.07, 6.45) is -3.03. The van der Waals surface area contributed by atoms with Gasteiger partial charge in [0, 0.05) is 43.8 Å². The average molecular weight is 588 g/mol. The summed E-state index contributed by atoms with van der Waals surface area (Å²) < 4.78 is 47.7. The Bertz CT molecular complexity index is 1300. The molecular weight excluding hydrogens is 547 g/mol. The van der Waals surface area contributed by atoms with Crippen molar-refractivity contribution in [2.24, 2.45) is 5.41 Å². The zero-order chi connectivity index (χ0) is 30.1. The molecule has 0 spiro atoms. The Balaban J connectivity index is 1.46. The first-order chi connectivity index (χ1) is 20.1. The molecule has 2 atom stereocenters. The molecule has 8 nitrogen and oxygen atoms in total. The highest BCUT2D eigenvalue weighted by atomic mass is 19.4. The SMILES string of the molecule is CCOc1ccccc1-c1ccc(N2CCN(C(=O)C3(C(F)(F)F)CCC3)C[C@H]2CC)c(C(=O)N[C@@H]2CCN(C)C2)n1. The highest BCUT2D eigenvalue weighted by molar-refractivity contribution is 5.99. The molecular formula is C31H40F3N5O3. The number of nitrogens with zero attached hydrogens (tertiary/aromatic N) is 4. The van der Waals surface area contributed by atoms with Crippen LogP contribution >= 0.6 is 0 Å². The van der Waals surface area contributed by atoms with Crippen molar-refractivity contribution in [1.29, 1.82) is 0 Å². The fourth-order valence-corrected chi connectivity index (χ4v) is 6.42. The van der Waals surface area contributed by atoms with Gasteiger partial charge in [0.25, 0.3) is 5.91 Å². The van der Waals surface area contributed by atoms with Crippen LogP contribution in [0.15, 0.2) is 36.4 Å². The van der Waals surface area contributed by atoms with E-state index < -0.39 is 17.5 Å². The van der Waals surface area contributed by atoms with Crippen LogP contribution < -0.4 is 15.0 Å². The number of likely N-dealkylation sites (N-methyl/N-ethyl adjacent to an activating group) is 1. The molecule has 0 radical (unpaired) electrons. The fraction of sp³-hybridized carbons (Fsp3) is 0.581. The molecule has 2 aliphatic heterocycles. The Morgan fingerprint density at radius 2 is 1.83 bits per heavy atom. The second kappa shape index (κ2) is 12.1. The van der Waals surface area contributed by atoms with Gasteiger partial charge < -0.3 is 24.8 Å². The van der Waals surface area contributed by atoms with E-state index in [0.717, 1.165) is 25.1 Å². The van der Waals surface area contributed by atoms with E-state index in [4.69, 9.17) is 9.72 Å². The standard InChI is InChI=1S/C31H40F3N5O3/c1-4-22-20-38(29(41)30(14-8-15-30)31(32,33)34)17-18-39(22)25-12-11-24(23-9-6-7-10-26(23)42-5-2)36-27(25)28(40)35-21-13-16-37(3)19-21/h6-7,9-12,21-22H,4-5,8,13-20H2,1-3H3,(H,35,40)/t21-,22-/m1/s1. The molecule has 228 valence electrons. The van der Waals surface area contributed by atoms with E-state index >= 15 is 0 Å². The Labute approximate surface area is 245 Å². The van der Waals surface area contributed by atoms with Gasteiger partial charge in [0.15, 0.2) is 5.69 Å². The number of likely N-dealkylation sites (tertiary alicyclic amines) is 1. The summed E-state index contributed by atoms with van der Waals surface area (Å²) in [5.74, 6) is -0.444. The maximum Gasteiger partial charge on any atom is 0.403 e. The number of anilines is 1. The number of hydrogen-bond acceptors (Lipinski definition) is 6. The van der Waals surface area contributed by atoms with Crippen LogP contribution in [0.3, 0.4) is 0 Å². The number of aromatic nitrogens is 1. The Hall–Kier alpha value is -3.34. The number of carbonyl (C=O) groups excluding carboxylic acids is 2. The number of amides is 2. The van der Waals surface area contributed by atoms with Gasteiger partial charge in [0.1, 0.15) is 11.2 Å². The zero-order valence-corrected chi connectivity index (χ0v) is 24.5. The quantitative estimate of drug-likeness (QED) is 0.481. The average Bonchev–Trinajstić information content (AvgIpc) is 3.35. The highest BCUT2D eigenvalue weighted by Crippen LogP contribution is 2.54. The monoisotopic (exact) mass is 587 g/mol. The van der Waals surface area contributed by atoms with Crippen molar-refractivity contribution in [3.05, 3.63) is 42.1 Å². The van der Waals surface area contributed by atoms with Crippen LogP contribution in [0.25, 0.3) is 11.3 Å². The second-order valence-electron chi connectivity index (χ2n) is 11.7. The maximum atomic E-state index is 13.9. The third-order valence-corrected chi connectivity index (χ3v) is 8.99. The fourth-order valence-electron chi connectivity index (χ4n) is 6.42. The zero-order valence-electron chi connectivity index (χ0n) is 24.5. The molecule has 1 aromatic heterocycles. The normalized spacial score (nSPS) is 22.5. The van der Waals surface area contributed by atoms with Gasteiger partial charge in [-0.3, -0.25) is 9.59 Å². The van der Waals surface area contributed by atoms with Crippen molar-refractivity contribution in [3.8, 4) is 17.0 Å². The lowest BCUT2D eigenvalue weighted by molar-refractivity contribution is -0.248. The third kappa shape index (κ3) is 5.67. The van der Waals surface area contributed by atoms with Crippen molar-refractivity contribution >= 4 is 17.5 Å². The van der Waals surface area contributed by atoms with Crippen molar-refractivity contribution in [1.82, 2.24) is 20.1 Å². The van der Waals surface area contributed by atoms with Gasteiger partial charge in [0.05, 0.1) is 18.0 Å². The lowest BCUT2D eigenvalue weighted by Crippen LogP contribution is -2.62. The molecule has 5 rings (SSSR count). The molecule has 0 unspecified atom stereocenters. The molecule has 3 heterocycles. The minimum atomic E-state index is -4.56. The van der Waals surface area contributed by atoms with Gasteiger partial charge in [-0.25, -0.2) is 4.98 Å². The Kier molecular flexibility index (Phi) is 8.68. The third-order valence-electron chi connectivity index (χ3n) is 8.99. The van der Waals surface area contributed by atoms with Crippen LogP contribution in [0.1, 0.15) is 56.4 Å². The number of halogens is 3. The molecule has 1 aliphatic carbocycles. The number of carbonyl (C=O) groups is 2. The van der Waals surface area contributed by atoms with Crippen molar-refractivity contribution in [2.45, 2.75) is 64.2 Å². The maximum absolute atomic E-state index is 13.9. The number of alkyl halides is 3. The van der Waals surface area contributed by atoms with Gasteiger partial charge in [-0.05, 0) is 70.5 Å². The van der Waals surface area contributed by atoms with E-state index in [1.807, 2.05) is 62.2 Å². The molecule has 2 amide bonds. The lowest BCUT2D eigenvalue weighted by Gasteiger charge is -2.48. The van der Waals surface area contributed by atoms with Crippen molar-refractivity contribution < 1.29 is 27.5 Å².